The normalized spacial score (nSPS) is 16.4. The monoisotopic (exact) mass is 461 g/mol. The molecule has 2 aromatic carbocycles. The zero-order valence-electron chi connectivity index (χ0n) is 15.9. The van der Waals surface area contributed by atoms with Gasteiger partial charge in [-0.3, -0.25) is 4.79 Å². The topological polar surface area (TPSA) is 63.7 Å². The molecule has 0 bridgehead atoms. The molecule has 30 heavy (non-hydrogen) atoms. The summed E-state index contributed by atoms with van der Waals surface area (Å²) in [6.07, 6.45) is -4.49. The van der Waals surface area contributed by atoms with Crippen LogP contribution < -0.4 is 4.74 Å². The van der Waals surface area contributed by atoms with Crippen LogP contribution in [0.2, 0.25) is 5.02 Å². The van der Waals surface area contributed by atoms with Crippen LogP contribution in [0.25, 0.3) is 0 Å². The molecule has 1 fully saturated rings. The quantitative estimate of drug-likeness (QED) is 0.490. The van der Waals surface area contributed by atoms with Crippen LogP contribution in [-0.2, 0) is 21.0 Å². The van der Waals surface area contributed by atoms with Crippen LogP contribution in [0.15, 0.2) is 47.4 Å². The van der Waals surface area contributed by atoms with Gasteiger partial charge in [-0.2, -0.15) is 17.5 Å². The maximum Gasteiger partial charge on any atom is 0.417 e. The van der Waals surface area contributed by atoms with E-state index in [1.807, 2.05) is 0 Å². The highest BCUT2D eigenvalue weighted by Crippen LogP contribution is 2.36. The van der Waals surface area contributed by atoms with Crippen molar-refractivity contribution in [2.24, 2.45) is 5.92 Å². The summed E-state index contributed by atoms with van der Waals surface area (Å²) in [6, 6.07) is 8.89. The number of hydrogen-bond acceptors (Lipinski definition) is 4. The molecule has 1 saturated heterocycles. The number of alkyl halides is 3. The lowest BCUT2D eigenvalue weighted by molar-refractivity contribution is -0.140. The number of aryl methyl sites for hydroxylation is 1. The summed E-state index contributed by atoms with van der Waals surface area (Å²) >= 11 is 5.88. The number of carbonyl (C=O) groups is 1. The van der Waals surface area contributed by atoms with Crippen molar-refractivity contribution in [1.82, 2.24) is 4.31 Å². The van der Waals surface area contributed by atoms with E-state index < -0.39 is 38.5 Å². The highest BCUT2D eigenvalue weighted by atomic mass is 35.5. The lowest BCUT2D eigenvalue weighted by atomic mass is 9.98. The van der Waals surface area contributed by atoms with E-state index in [9.17, 15) is 26.4 Å². The van der Waals surface area contributed by atoms with Crippen LogP contribution >= 0.6 is 11.6 Å². The number of nitrogens with zero attached hydrogens (tertiary/aromatic N) is 1. The van der Waals surface area contributed by atoms with E-state index in [1.54, 1.807) is 25.1 Å². The molecule has 0 saturated carbocycles. The van der Waals surface area contributed by atoms with Crippen molar-refractivity contribution in [3.8, 4) is 5.75 Å². The van der Waals surface area contributed by atoms with Crippen LogP contribution in [-0.4, -0.2) is 31.8 Å². The van der Waals surface area contributed by atoms with E-state index in [0.29, 0.717) is 16.3 Å². The molecule has 1 aliphatic heterocycles. The fourth-order valence-corrected chi connectivity index (χ4v) is 5.22. The lowest BCUT2D eigenvalue weighted by Crippen LogP contribution is -2.41. The van der Waals surface area contributed by atoms with Gasteiger partial charge in [0.15, 0.2) is 0 Å². The van der Waals surface area contributed by atoms with Gasteiger partial charge in [0.25, 0.3) is 0 Å². The SMILES string of the molecule is Cc1cc(Cl)ccc1OC(=O)C1CCN(S(=O)(=O)c2ccccc2C(F)(F)F)CC1. The third kappa shape index (κ3) is 4.79. The molecule has 0 aromatic heterocycles. The maximum atomic E-state index is 13.2. The average molecular weight is 462 g/mol. The fraction of sp³-hybridized carbons (Fsp3) is 0.350. The summed E-state index contributed by atoms with van der Waals surface area (Å²) in [5.74, 6) is -0.698. The molecule has 10 heteroatoms. The Bertz CT molecular complexity index is 1050. The summed E-state index contributed by atoms with van der Waals surface area (Å²) in [5.41, 5.74) is -0.524. The molecule has 0 amide bonds. The van der Waals surface area contributed by atoms with Gasteiger partial charge in [0.05, 0.1) is 16.4 Å². The first-order valence-electron chi connectivity index (χ1n) is 9.14. The Balaban J connectivity index is 1.70. The molecule has 0 atom stereocenters. The summed E-state index contributed by atoms with van der Waals surface area (Å²) in [5, 5.41) is 0.505. The minimum Gasteiger partial charge on any atom is -0.426 e. The van der Waals surface area contributed by atoms with Crippen molar-refractivity contribution in [2.45, 2.75) is 30.8 Å². The van der Waals surface area contributed by atoms with E-state index in [-0.39, 0.29) is 25.9 Å². The van der Waals surface area contributed by atoms with Crippen LogP contribution in [0, 0.1) is 12.8 Å². The van der Waals surface area contributed by atoms with Crippen molar-refractivity contribution in [3.63, 3.8) is 0 Å². The molecule has 0 radical (unpaired) electrons. The van der Waals surface area contributed by atoms with Crippen molar-refractivity contribution < 1.29 is 31.1 Å². The third-order valence-electron chi connectivity index (χ3n) is 4.95. The number of ether oxygens (including phenoxy) is 1. The number of carbonyl (C=O) groups excluding carboxylic acids is 1. The maximum absolute atomic E-state index is 13.2. The van der Waals surface area contributed by atoms with E-state index >= 15 is 0 Å². The first kappa shape index (κ1) is 22.6. The third-order valence-corrected chi connectivity index (χ3v) is 7.14. The Morgan fingerprint density at radius 2 is 1.77 bits per heavy atom. The van der Waals surface area contributed by atoms with Gasteiger partial charge < -0.3 is 4.74 Å². The highest BCUT2D eigenvalue weighted by molar-refractivity contribution is 7.89. The Morgan fingerprint density at radius 1 is 1.13 bits per heavy atom. The van der Waals surface area contributed by atoms with Gasteiger partial charge in [-0.15, -0.1) is 0 Å². The zero-order valence-corrected chi connectivity index (χ0v) is 17.5. The molecule has 5 nitrogen and oxygen atoms in total. The first-order chi connectivity index (χ1) is 14.0. The molecule has 3 rings (SSSR count). The molecular formula is C20H19ClF3NO4S. The number of sulfonamides is 1. The smallest absolute Gasteiger partial charge is 0.417 e. The number of piperidine rings is 1. The van der Waals surface area contributed by atoms with Gasteiger partial charge in [0.1, 0.15) is 5.75 Å². The van der Waals surface area contributed by atoms with Crippen molar-refractivity contribution in [1.29, 1.82) is 0 Å². The van der Waals surface area contributed by atoms with Gasteiger partial charge in [0, 0.05) is 18.1 Å². The Labute approximate surface area is 177 Å². The second kappa shape index (κ2) is 8.56. The molecular weight excluding hydrogens is 443 g/mol. The standard InChI is InChI=1S/C20H19ClF3NO4S/c1-13-12-15(21)6-7-17(13)29-19(26)14-8-10-25(11-9-14)30(27,28)18-5-3-2-4-16(18)20(22,23)24/h2-7,12,14H,8-11H2,1H3. The van der Waals surface area contributed by atoms with Crippen LogP contribution in [0.3, 0.4) is 0 Å². The van der Waals surface area contributed by atoms with E-state index in [4.69, 9.17) is 16.3 Å². The molecule has 162 valence electrons. The molecule has 0 N–H and O–H groups in total. The average Bonchev–Trinajstić information content (AvgIpc) is 2.69. The molecule has 1 heterocycles. The second-order valence-corrected chi connectivity index (χ2v) is 9.35. The molecule has 0 aliphatic carbocycles. The first-order valence-corrected chi connectivity index (χ1v) is 11.0. The number of rotatable bonds is 4. The van der Waals surface area contributed by atoms with Crippen LogP contribution in [0.4, 0.5) is 13.2 Å². The summed E-state index contributed by atoms with van der Waals surface area (Å²) in [7, 11) is -4.35. The number of benzene rings is 2. The van der Waals surface area contributed by atoms with E-state index in [2.05, 4.69) is 0 Å². The number of esters is 1. The van der Waals surface area contributed by atoms with Crippen LogP contribution in [0.5, 0.6) is 5.75 Å². The van der Waals surface area contributed by atoms with Crippen molar-refractivity contribution >= 4 is 27.6 Å². The van der Waals surface area contributed by atoms with E-state index in [0.717, 1.165) is 22.5 Å². The Kier molecular flexibility index (Phi) is 6.45. The van der Waals surface area contributed by atoms with Gasteiger partial charge >= 0.3 is 12.1 Å². The molecule has 0 unspecified atom stereocenters. The Morgan fingerprint density at radius 3 is 2.37 bits per heavy atom. The minimum atomic E-state index is -4.79. The van der Waals surface area contributed by atoms with Gasteiger partial charge in [-0.25, -0.2) is 8.42 Å². The molecule has 1 aliphatic rings. The van der Waals surface area contributed by atoms with Crippen molar-refractivity contribution in [2.75, 3.05) is 13.1 Å². The molecule has 0 spiro atoms. The number of halogens is 4. The van der Waals surface area contributed by atoms with Gasteiger partial charge in [0.2, 0.25) is 10.0 Å². The van der Waals surface area contributed by atoms with E-state index in [1.165, 1.54) is 6.07 Å². The van der Waals surface area contributed by atoms with Crippen LogP contribution in [0.1, 0.15) is 24.0 Å². The summed E-state index contributed by atoms with van der Waals surface area (Å²) in [6.45, 7) is 1.59. The fourth-order valence-electron chi connectivity index (χ4n) is 3.32. The zero-order chi connectivity index (χ0) is 22.1. The second-order valence-electron chi connectivity index (χ2n) is 7.00. The number of hydrogen-bond donors (Lipinski definition) is 0. The lowest BCUT2D eigenvalue weighted by Gasteiger charge is -2.30. The summed E-state index contributed by atoms with van der Waals surface area (Å²) < 4.78 is 71.6. The largest absolute Gasteiger partial charge is 0.426 e. The predicted octanol–water partition coefficient (Wildman–Crippen LogP) is 4.67. The minimum absolute atomic E-state index is 0.0755. The van der Waals surface area contributed by atoms with Gasteiger partial charge in [-0.1, -0.05) is 23.7 Å². The highest BCUT2D eigenvalue weighted by Gasteiger charge is 2.40. The van der Waals surface area contributed by atoms with Crippen molar-refractivity contribution in [3.05, 3.63) is 58.6 Å². The predicted molar refractivity (Wildman–Crippen MR) is 105 cm³/mol. The Hall–Kier alpha value is -2.10. The van der Waals surface area contributed by atoms with Gasteiger partial charge in [-0.05, 0) is 55.7 Å². The molecule has 2 aromatic rings. The summed E-state index contributed by atoms with van der Waals surface area (Å²) in [4.78, 5) is 11.7.